The Balaban J connectivity index is 1.73. The molecule has 27 heavy (non-hydrogen) atoms. The van der Waals surface area contributed by atoms with Crippen molar-refractivity contribution in [2.75, 3.05) is 18.1 Å². The predicted octanol–water partition coefficient (Wildman–Crippen LogP) is 1.99. The van der Waals surface area contributed by atoms with Crippen LogP contribution < -0.4 is 10.4 Å². The zero-order valence-corrected chi connectivity index (χ0v) is 16.2. The van der Waals surface area contributed by atoms with Gasteiger partial charge in [-0.1, -0.05) is 6.92 Å². The summed E-state index contributed by atoms with van der Waals surface area (Å²) >= 11 is 0. The van der Waals surface area contributed by atoms with Crippen molar-refractivity contribution >= 4 is 26.7 Å². The van der Waals surface area contributed by atoms with Crippen LogP contribution in [0.4, 0.5) is 0 Å². The zero-order chi connectivity index (χ0) is 19.6. The van der Waals surface area contributed by atoms with E-state index in [1.54, 1.807) is 29.2 Å². The third-order valence-corrected chi connectivity index (χ3v) is 6.66. The average molecular weight is 393 g/mol. The molecule has 1 saturated heterocycles. The van der Waals surface area contributed by atoms with Crippen LogP contribution in [0.3, 0.4) is 0 Å². The maximum Gasteiger partial charge on any atom is 0.336 e. The van der Waals surface area contributed by atoms with Crippen molar-refractivity contribution < 1.29 is 22.4 Å². The van der Waals surface area contributed by atoms with Crippen molar-refractivity contribution in [2.45, 2.75) is 38.8 Å². The molecule has 0 unspecified atom stereocenters. The molecule has 8 heteroatoms. The van der Waals surface area contributed by atoms with E-state index in [-0.39, 0.29) is 36.1 Å². The second-order valence-corrected chi connectivity index (χ2v) is 9.09. The van der Waals surface area contributed by atoms with Gasteiger partial charge in [0, 0.05) is 29.6 Å². The highest BCUT2D eigenvalue weighted by Crippen LogP contribution is 2.23. The van der Waals surface area contributed by atoms with Crippen molar-refractivity contribution in [1.82, 2.24) is 4.90 Å². The van der Waals surface area contributed by atoms with Crippen LogP contribution in [0.25, 0.3) is 11.0 Å². The minimum atomic E-state index is -3.09. The van der Waals surface area contributed by atoms with Crippen molar-refractivity contribution in [3.05, 3.63) is 40.8 Å². The Labute approximate surface area is 157 Å². The highest BCUT2D eigenvalue weighted by molar-refractivity contribution is 7.91. The Bertz CT molecular complexity index is 997. The van der Waals surface area contributed by atoms with Gasteiger partial charge in [0.2, 0.25) is 0 Å². The largest absolute Gasteiger partial charge is 0.484 e. The van der Waals surface area contributed by atoms with Gasteiger partial charge in [-0.3, -0.25) is 4.79 Å². The standard InChI is InChI=1S/C19H23NO6S/c1-3-13(2)20(15-8-9-27(23,24)12-15)18(21)11-25-16-6-4-14-5-7-19(22)26-17(14)10-16/h4-7,10,13,15H,3,8-9,11-12H2,1-2H3/t13-,15+/m1/s1. The Morgan fingerprint density at radius 1 is 1.33 bits per heavy atom. The molecule has 0 bridgehead atoms. The van der Waals surface area contributed by atoms with E-state index in [4.69, 9.17) is 9.15 Å². The molecule has 0 aliphatic carbocycles. The van der Waals surface area contributed by atoms with Crippen molar-refractivity contribution in [2.24, 2.45) is 0 Å². The molecule has 0 N–H and O–H groups in total. The van der Waals surface area contributed by atoms with Crippen molar-refractivity contribution in [3.63, 3.8) is 0 Å². The van der Waals surface area contributed by atoms with E-state index < -0.39 is 15.5 Å². The average Bonchev–Trinajstić information content (AvgIpc) is 2.98. The Hall–Kier alpha value is -2.35. The molecular formula is C19H23NO6S. The maximum atomic E-state index is 12.8. The van der Waals surface area contributed by atoms with Crippen molar-refractivity contribution in [1.29, 1.82) is 0 Å². The Morgan fingerprint density at radius 3 is 2.74 bits per heavy atom. The monoisotopic (exact) mass is 393 g/mol. The molecule has 0 spiro atoms. The summed E-state index contributed by atoms with van der Waals surface area (Å²) in [5, 5.41) is 0.755. The fraction of sp³-hybridized carbons (Fsp3) is 0.474. The summed E-state index contributed by atoms with van der Waals surface area (Å²) in [5.41, 5.74) is -0.0748. The van der Waals surface area contributed by atoms with Crippen LogP contribution in [0, 0.1) is 0 Å². The first-order valence-electron chi connectivity index (χ1n) is 8.97. The topological polar surface area (TPSA) is 93.9 Å². The van der Waals surface area contributed by atoms with Crippen LogP contribution in [-0.4, -0.2) is 49.4 Å². The number of carbonyl (C=O) groups is 1. The molecule has 0 radical (unpaired) electrons. The molecule has 1 amide bonds. The smallest absolute Gasteiger partial charge is 0.336 e. The molecule has 1 fully saturated rings. The van der Waals surface area contributed by atoms with Crippen LogP contribution in [0.15, 0.2) is 39.5 Å². The molecule has 1 aromatic heterocycles. The molecule has 0 saturated carbocycles. The SMILES string of the molecule is CC[C@@H](C)N(C(=O)COc1ccc2ccc(=O)oc2c1)[C@H]1CCS(=O)(=O)C1. The zero-order valence-electron chi connectivity index (χ0n) is 15.4. The fourth-order valence-corrected chi connectivity index (χ4v) is 5.06. The number of sulfone groups is 1. The molecule has 1 aromatic carbocycles. The highest BCUT2D eigenvalue weighted by atomic mass is 32.2. The lowest BCUT2D eigenvalue weighted by Crippen LogP contribution is -2.48. The second-order valence-electron chi connectivity index (χ2n) is 6.86. The van der Waals surface area contributed by atoms with Gasteiger partial charge in [0.05, 0.1) is 11.5 Å². The Morgan fingerprint density at radius 2 is 2.07 bits per heavy atom. The first-order valence-corrected chi connectivity index (χ1v) is 10.8. The summed E-state index contributed by atoms with van der Waals surface area (Å²) in [6.45, 7) is 3.66. The molecule has 1 aliphatic rings. The number of hydrogen-bond donors (Lipinski definition) is 0. The van der Waals surface area contributed by atoms with E-state index in [9.17, 15) is 18.0 Å². The van der Waals surface area contributed by atoms with Crippen LogP contribution in [0.5, 0.6) is 5.75 Å². The Kier molecular flexibility index (Phi) is 5.55. The van der Waals surface area contributed by atoms with Crippen LogP contribution in [-0.2, 0) is 14.6 Å². The second kappa shape index (κ2) is 7.72. The van der Waals surface area contributed by atoms with Gasteiger partial charge in [-0.25, -0.2) is 13.2 Å². The third kappa shape index (κ3) is 4.50. The number of fused-ring (bicyclic) bond motifs is 1. The molecule has 1 aliphatic heterocycles. The molecule has 3 rings (SSSR count). The summed E-state index contributed by atoms with van der Waals surface area (Å²) < 4.78 is 34.3. The number of ether oxygens (including phenoxy) is 1. The predicted molar refractivity (Wildman–Crippen MR) is 102 cm³/mol. The molecule has 2 atom stereocenters. The van der Waals surface area contributed by atoms with Gasteiger partial charge in [0.15, 0.2) is 16.4 Å². The van der Waals surface area contributed by atoms with E-state index in [0.717, 1.165) is 11.8 Å². The van der Waals surface area contributed by atoms with E-state index in [2.05, 4.69) is 0 Å². The molecule has 2 aromatic rings. The number of hydrogen-bond acceptors (Lipinski definition) is 6. The maximum absolute atomic E-state index is 12.8. The fourth-order valence-electron chi connectivity index (χ4n) is 3.35. The number of rotatable bonds is 6. The normalized spacial score (nSPS) is 19.7. The van der Waals surface area contributed by atoms with Gasteiger partial charge < -0.3 is 14.1 Å². The van der Waals surface area contributed by atoms with E-state index in [1.807, 2.05) is 13.8 Å². The summed E-state index contributed by atoms with van der Waals surface area (Å²) in [6, 6.07) is 7.62. The van der Waals surface area contributed by atoms with Crippen molar-refractivity contribution in [3.8, 4) is 5.75 Å². The number of carbonyl (C=O) groups excluding carboxylic acids is 1. The lowest BCUT2D eigenvalue weighted by Gasteiger charge is -2.33. The number of nitrogens with zero attached hydrogens (tertiary/aromatic N) is 1. The highest BCUT2D eigenvalue weighted by Gasteiger charge is 2.36. The molecular weight excluding hydrogens is 370 g/mol. The van der Waals surface area contributed by atoms with Crippen LogP contribution >= 0.6 is 0 Å². The third-order valence-electron chi connectivity index (χ3n) is 4.91. The quantitative estimate of drug-likeness (QED) is 0.697. The van der Waals surface area contributed by atoms with Gasteiger partial charge in [-0.15, -0.1) is 0 Å². The molecule has 146 valence electrons. The summed E-state index contributed by atoms with van der Waals surface area (Å²) in [4.78, 5) is 25.8. The minimum absolute atomic E-state index is 0.00418. The van der Waals surface area contributed by atoms with Gasteiger partial charge in [-0.2, -0.15) is 0 Å². The molecule has 2 heterocycles. The summed E-state index contributed by atoms with van der Waals surface area (Å²) in [5.74, 6) is 0.279. The van der Waals surface area contributed by atoms with Crippen LogP contribution in [0.1, 0.15) is 26.7 Å². The van der Waals surface area contributed by atoms with E-state index >= 15 is 0 Å². The van der Waals surface area contributed by atoms with E-state index in [1.165, 1.54) is 6.07 Å². The minimum Gasteiger partial charge on any atom is -0.484 e. The van der Waals surface area contributed by atoms with Gasteiger partial charge in [-0.05, 0) is 38.0 Å². The van der Waals surface area contributed by atoms with Gasteiger partial charge >= 0.3 is 5.63 Å². The number of amides is 1. The van der Waals surface area contributed by atoms with Gasteiger partial charge in [0.25, 0.3) is 5.91 Å². The van der Waals surface area contributed by atoms with Gasteiger partial charge in [0.1, 0.15) is 11.3 Å². The molecule has 7 nitrogen and oxygen atoms in total. The lowest BCUT2D eigenvalue weighted by molar-refractivity contribution is -0.137. The lowest BCUT2D eigenvalue weighted by atomic mass is 10.1. The first-order chi connectivity index (χ1) is 12.8. The summed E-state index contributed by atoms with van der Waals surface area (Å²) in [7, 11) is -3.09. The first kappa shape index (κ1) is 19.4. The summed E-state index contributed by atoms with van der Waals surface area (Å²) in [6.07, 6.45) is 1.18. The van der Waals surface area contributed by atoms with Crippen LogP contribution in [0.2, 0.25) is 0 Å². The van der Waals surface area contributed by atoms with E-state index in [0.29, 0.717) is 17.8 Å². The number of benzene rings is 1.